The molecule has 1 aromatic carbocycles. The molecule has 1 fully saturated rings. The number of likely N-dealkylation sites (tertiary alicyclic amines) is 1. The Labute approximate surface area is 180 Å². The smallest absolute Gasteiger partial charge is 0.306 e. The van der Waals surface area contributed by atoms with Crippen molar-refractivity contribution in [3.8, 4) is 11.8 Å². The minimum Gasteiger partial charge on any atom is -0.463 e. The number of amides is 1. The van der Waals surface area contributed by atoms with Gasteiger partial charge < -0.3 is 14.7 Å². The Morgan fingerprint density at radius 1 is 1.30 bits per heavy atom. The van der Waals surface area contributed by atoms with E-state index in [-0.39, 0.29) is 24.0 Å². The van der Waals surface area contributed by atoms with Crippen LogP contribution in [0.25, 0.3) is 0 Å². The van der Waals surface area contributed by atoms with Crippen LogP contribution in [-0.4, -0.2) is 46.7 Å². The summed E-state index contributed by atoms with van der Waals surface area (Å²) in [6.45, 7) is 4.04. The van der Waals surface area contributed by atoms with Gasteiger partial charge in [0.25, 0.3) is 0 Å². The van der Waals surface area contributed by atoms with Gasteiger partial charge in [-0.3, -0.25) is 9.59 Å². The average molecular weight is 412 g/mol. The van der Waals surface area contributed by atoms with Crippen molar-refractivity contribution < 1.29 is 19.4 Å². The maximum absolute atomic E-state index is 12.4. The molecule has 0 bridgehead atoms. The first-order valence-corrected chi connectivity index (χ1v) is 10.8. The summed E-state index contributed by atoms with van der Waals surface area (Å²) in [5, 5.41) is 10.3. The molecule has 1 N–H and O–H groups in total. The van der Waals surface area contributed by atoms with Crippen molar-refractivity contribution in [1.29, 1.82) is 0 Å². The van der Waals surface area contributed by atoms with Gasteiger partial charge in [0.05, 0.1) is 24.8 Å². The highest BCUT2D eigenvalue weighted by Crippen LogP contribution is 2.19. The van der Waals surface area contributed by atoms with E-state index in [1.807, 2.05) is 50.3 Å². The van der Waals surface area contributed by atoms with Crippen molar-refractivity contribution in [3.05, 3.63) is 48.0 Å². The fourth-order valence-electron chi connectivity index (χ4n) is 3.40. The Kier molecular flexibility index (Phi) is 10.2. The number of nitrogens with zero attached hydrogens (tertiary/aromatic N) is 1. The highest BCUT2D eigenvalue weighted by molar-refractivity contribution is 5.78. The predicted molar refractivity (Wildman–Crippen MR) is 117 cm³/mol. The molecular weight excluding hydrogens is 378 g/mol. The molecule has 1 aliphatic rings. The normalized spacial score (nSPS) is 17.7. The Morgan fingerprint density at radius 3 is 2.80 bits per heavy atom. The lowest BCUT2D eigenvalue weighted by Gasteiger charge is -2.32. The highest BCUT2D eigenvalue weighted by atomic mass is 16.5. The van der Waals surface area contributed by atoms with Gasteiger partial charge in [-0.25, -0.2) is 0 Å². The van der Waals surface area contributed by atoms with Crippen LogP contribution < -0.4 is 0 Å². The van der Waals surface area contributed by atoms with Gasteiger partial charge in [-0.1, -0.05) is 48.4 Å². The maximum Gasteiger partial charge on any atom is 0.306 e. The van der Waals surface area contributed by atoms with Crippen molar-refractivity contribution in [3.63, 3.8) is 0 Å². The third-order valence-electron chi connectivity index (χ3n) is 4.88. The number of esters is 1. The van der Waals surface area contributed by atoms with Gasteiger partial charge in [0.1, 0.15) is 0 Å². The van der Waals surface area contributed by atoms with Crippen molar-refractivity contribution in [2.24, 2.45) is 0 Å². The number of piperidine rings is 1. The van der Waals surface area contributed by atoms with E-state index in [1.165, 1.54) is 0 Å². The molecule has 2 atom stereocenters. The lowest BCUT2D eigenvalue weighted by molar-refractivity contribution is -0.147. The summed E-state index contributed by atoms with van der Waals surface area (Å²) in [5.41, 5.74) is 1.08. The second-order valence-corrected chi connectivity index (χ2v) is 7.87. The van der Waals surface area contributed by atoms with Crippen LogP contribution in [0.3, 0.4) is 0 Å². The van der Waals surface area contributed by atoms with Crippen molar-refractivity contribution in [2.75, 3.05) is 6.54 Å². The number of carbonyl (C=O) groups is 2. The third-order valence-corrected chi connectivity index (χ3v) is 4.88. The lowest BCUT2D eigenvalue weighted by Crippen LogP contribution is -2.42. The summed E-state index contributed by atoms with van der Waals surface area (Å²) < 4.78 is 5.10. The van der Waals surface area contributed by atoms with Crippen LogP contribution in [0.5, 0.6) is 0 Å². The summed E-state index contributed by atoms with van der Waals surface area (Å²) in [7, 11) is 0. The second-order valence-electron chi connectivity index (χ2n) is 7.87. The first-order chi connectivity index (χ1) is 14.5. The second kappa shape index (κ2) is 12.9. The first kappa shape index (κ1) is 23.7. The van der Waals surface area contributed by atoms with Crippen LogP contribution >= 0.6 is 0 Å². The van der Waals surface area contributed by atoms with E-state index >= 15 is 0 Å². The standard InChI is InChI=1S/C25H33NO4/c1-20(2)30-25(29)15-8-3-4-9-18-26-22(13-10-14-24(26)28)16-17-23(27)19-21-11-6-5-7-12-21/h5-7,11-12,16-17,20,22-23,27H,3,8,10,13-15,18-19H2,1-2H3/b17-16+/t22-,23?/m1/s1. The highest BCUT2D eigenvalue weighted by Gasteiger charge is 2.25. The Hall–Kier alpha value is -2.58. The Bertz CT molecular complexity index is 760. The van der Waals surface area contributed by atoms with Crippen molar-refractivity contribution in [1.82, 2.24) is 4.90 Å². The molecule has 2 rings (SSSR count). The molecule has 5 nitrogen and oxygen atoms in total. The van der Waals surface area contributed by atoms with Crippen LogP contribution in [0, 0.1) is 11.8 Å². The molecule has 1 amide bonds. The van der Waals surface area contributed by atoms with E-state index in [0.717, 1.165) is 18.4 Å². The zero-order valence-electron chi connectivity index (χ0n) is 18.0. The lowest BCUT2D eigenvalue weighted by atomic mass is 9.99. The van der Waals surface area contributed by atoms with Gasteiger partial charge in [0, 0.05) is 25.7 Å². The summed E-state index contributed by atoms with van der Waals surface area (Å²) >= 11 is 0. The number of hydrogen-bond acceptors (Lipinski definition) is 4. The minimum absolute atomic E-state index is 0.0352. The molecule has 1 aliphatic heterocycles. The topological polar surface area (TPSA) is 66.8 Å². The third kappa shape index (κ3) is 8.84. The number of ether oxygens (including phenoxy) is 1. The summed E-state index contributed by atoms with van der Waals surface area (Å²) in [6, 6.07) is 9.82. The molecule has 0 aromatic heterocycles. The molecule has 1 aromatic rings. The predicted octanol–water partition coefficient (Wildman–Crippen LogP) is 3.65. The van der Waals surface area contributed by atoms with Crippen LogP contribution in [0.2, 0.25) is 0 Å². The molecule has 0 saturated carbocycles. The van der Waals surface area contributed by atoms with Gasteiger partial charge in [-0.2, -0.15) is 0 Å². The molecule has 0 aliphatic carbocycles. The SMILES string of the molecule is CC(C)OC(=O)CCCC#CCN1C(=O)CCC[C@@H]1/C=C/C(O)Cc1ccccc1. The maximum atomic E-state index is 12.4. The average Bonchev–Trinajstić information content (AvgIpc) is 2.70. The summed E-state index contributed by atoms with van der Waals surface area (Å²) in [4.78, 5) is 25.7. The molecule has 1 heterocycles. The molecule has 0 spiro atoms. The molecule has 30 heavy (non-hydrogen) atoms. The van der Waals surface area contributed by atoms with Gasteiger partial charge >= 0.3 is 5.97 Å². The quantitative estimate of drug-likeness (QED) is 0.292. The number of hydrogen-bond donors (Lipinski definition) is 1. The summed E-state index contributed by atoms with van der Waals surface area (Å²) in [6.07, 6.45) is 7.50. The molecule has 1 saturated heterocycles. The van der Waals surface area contributed by atoms with E-state index in [4.69, 9.17) is 4.74 Å². The number of rotatable bonds is 9. The number of aliphatic hydroxyl groups is 1. The van der Waals surface area contributed by atoms with Gasteiger partial charge in [0.15, 0.2) is 0 Å². The fraction of sp³-hybridized carbons (Fsp3) is 0.520. The zero-order chi connectivity index (χ0) is 21.8. The van der Waals surface area contributed by atoms with Gasteiger partial charge in [0.2, 0.25) is 5.91 Å². The van der Waals surface area contributed by atoms with Gasteiger partial charge in [-0.15, -0.1) is 5.92 Å². The van der Waals surface area contributed by atoms with Crippen LogP contribution in [0.4, 0.5) is 0 Å². The van der Waals surface area contributed by atoms with Gasteiger partial charge in [-0.05, 0) is 38.7 Å². The van der Waals surface area contributed by atoms with E-state index in [0.29, 0.717) is 38.6 Å². The van der Waals surface area contributed by atoms with E-state index in [9.17, 15) is 14.7 Å². The number of benzene rings is 1. The van der Waals surface area contributed by atoms with Crippen LogP contribution in [0.15, 0.2) is 42.5 Å². The minimum atomic E-state index is -0.581. The number of aliphatic hydroxyl groups excluding tert-OH is 1. The molecule has 162 valence electrons. The Balaban J connectivity index is 1.81. The van der Waals surface area contributed by atoms with Crippen molar-refractivity contribution >= 4 is 11.9 Å². The van der Waals surface area contributed by atoms with Crippen molar-refractivity contribution in [2.45, 2.75) is 77.0 Å². The van der Waals surface area contributed by atoms with E-state index < -0.39 is 6.10 Å². The Morgan fingerprint density at radius 2 is 2.07 bits per heavy atom. The largest absolute Gasteiger partial charge is 0.463 e. The number of carbonyl (C=O) groups excluding carboxylic acids is 2. The molecule has 1 unspecified atom stereocenters. The molecule has 0 radical (unpaired) electrons. The first-order valence-electron chi connectivity index (χ1n) is 10.8. The zero-order valence-corrected chi connectivity index (χ0v) is 18.0. The van der Waals surface area contributed by atoms with Crippen LogP contribution in [-0.2, 0) is 20.7 Å². The van der Waals surface area contributed by atoms with E-state index in [2.05, 4.69) is 11.8 Å². The molecular formula is C25H33NO4. The van der Waals surface area contributed by atoms with Crippen LogP contribution in [0.1, 0.15) is 57.9 Å². The number of unbranched alkanes of at least 4 members (excludes halogenated alkanes) is 1. The monoisotopic (exact) mass is 411 g/mol. The summed E-state index contributed by atoms with van der Waals surface area (Å²) in [5.74, 6) is 6.02. The fourth-order valence-corrected chi connectivity index (χ4v) is 3.40. The van der Waals surface area contributed by atoms with E-state index in [1.54, 1.807) is 11.0 Å². The molecule has 5 heteroatoms.